The van der Waals surface area contributed by atoms with Crippen molar-refractivity contribution < 1.29 is 5.11 Å². The van der Waals surface area contributed by atoms with E-state index in [2.05, 4.69) is 63.2 Å². The lowest BCUT2D eigenvalue weighted by Gasteiger charge is -2.13. The Labute approximate surface area is 122 Å². The van der Waals surface area contributed by atoms with Gasteiger partial charge in [0.05, 0.1) is 6.10 Å². The van der Waals surface area contributed by atoms with Gasteiger partial charge in [0.25, 0.3) is 0 Å². The van der Waals surface area contributed by atoms with Crippen LogP contribution in [0.4, 0.5) is 0 Å². The van der Waals surface area contributed by atoms with E-state index in [1.54, 1.807) is 0 Å². The van der Waals surface area contributed by atoms with E-state index < -0.39 is 6.10 Å². The van der Waals surface area contributed by atoms with Gasteiger partial charge in [-0.15, -0.1) is 0 Å². The van der Waals surface area contributed by atoms with E-state index in [9.17, 15) is 5.11 Å². The van der Waals surface area contributed by atoms with Gasteiger partial charge in [-0.3, -0.25) is 0 Å². The van der Waals surface area contributed by atoms with Crippen LogP contribution in [0.3, 0.4) is 0 Å². The van der Waals surface area contributed by atoms with Crippen molar-refractivity contribution >= 4 is 0 Å². The largest absolute Gasteiger partial charge is 0.388 e. The average Bonchev–Trinajstić information content (AvgIpc) is 2.44. The van der Waals surface area contributed by atoms with Crippen molar-refractivity contribution in [3.05, 3.63) is 70.3 Å². The zero-order valence-corrected chi connectivity index (χ0v) is 12.7. The van der Waals surface area contributed by atoms with E-state index in [1.165, 1.54) is 22.3 Å². The molecule has 2 rings (SSSR count). The third-order valence-corrected chi connectivity index (χ3v) is 3.90. The maximum Gasteiger partial charge on any atom is 0.0830 e. The van der Waals surface area contributed by atoms with Crippen molar-refractivity contribution in [3.8, 4) is 0 Å². The molecule has 1 unspecified atom stereocenters. The van der Waals surface area contributed by atoms with Crippen molar-refractivity contribution in [2.45, 2.75) is 46.1 Å². The lowest BCUT2D eigenvalue weighted by atomic mass is 9.97. The third-order valence-electron chi connectivity index (χ3n) is 3.90. The molecule has 0 heterocycles. The van der Waals surface area contributed by atoms with Crippen LogP contribution in [0.5, 0.6) is 0 Å². The molecule has 1 atom stereocenters. The summed E-state index contributed by atoms with van der Waals surface area (Å²) in [7, 11) is 0. The average molecular weight is 268 g/mol. The molecule has 0 aliphatic rings. The quantitative estimate of drug-likeness (QED) is 0.844. The summed E-state index contributed by atoms with van der Waals surface area (Å²) >= 11 is 0. The lowest BCUT2D eigenvalue weighted by Crippen LogP contribution is -2.02. The Kier molecular flexibility index (Phi) is 4.97. The molecule has 0 saturated heterocycles. The first-order valence-corrected chi connectivity index (χ1v) is 7.43. The first kappa shape index (κ1) is 14.8. The van der Waals surface area contributed by atoms with Gasteiger partial charge in [-0.05, 0) is 48.1 Å². The number of benzene rings is 2. The van der Waals surface area contributed by atoms with Crippen molar-refractivity contribution in [1.29, 1.82) is 0 Å². The summed E-state index contributed by atoms with van der Waals surface area (Å²) in [5.41, 5.74) is 6.12. The van der Waals surface area contributed by atoms with Crippen molar-refractivity contribution in [2.24, 2.45) is 0 Å². The molecule has 2 aromatic carbocycles. The monoisotopic (exact) mass is 268 g/mol. The second-order valence-corrected chi connectivity index (χ2v) is 5.63. The van der Waals surface area contributed by atoms with Gasteiger partial charge in [-0.2, -0.15) is 0 Å². The molecule has 0 bridgehead atoms. The molecule has 0 radical (unpaired) electrons. The van der Waals surface area contributed by atoms with Crippen LogP contribution in [-0.4, -0.2) is 5.11 Å². The van der Waals surface area contributed by atoms with E-state index in [4.69, 9.17) is 0 Å². The molecule has 1 nitrogen and oxygen atoms in total. The normalized spacial score (nSPS) is 12.4. The minimum absolute atomic E-state index is 0.423. The van der Waals surface area contributed by atoms with Crippen LogP contribution in [0.2, 0.25) is 0 Å². The molecular formula is C19H24O. The number of aryl methyl sites for hydroxylation is 3. The molecular weight excluding hydrogens is 244 g/mol. The van der Waals surface area contributed by atoms with Crippen LogP contribution >= 0.6 is 0 Å². The summed E-state index contributed by atoms with van der Waals surface area (Å²) in [6.45, 7) is 6.41. The second-order valence-electron chi connectivity index (χ2n) is 5.63. The Hall–Kier alpha value is -1.60. The van der Waals surface area contributed by atoms with Crippen molar-refractivity contribution in [1.82, 2.24) is 0 Å². The number of rotatable bonds is 5. The van der Waals surface area contributed by atoms with Gasteiger partial charge in [0.1, 0.15) is 0 Å². The Morgan fingerprint density at radius 1 is 0.900 bits per heavy atom. The zero-order chi connectivity index (χ0) is 14.5. The van der Waals surface area contributed by atoms with Gasteiger partial charge in [0, 0.05) is 6.42 Å². The maximum absolute atomic E-state index is 10.4. The molecule has 0 spiro atoms. The van der Waals surface area contributed by atoms with Gasteiger partial charge in [-0.25, -0.2) is 0 Å². The fraction of sp³-hybridized carbons (Fsp3) is 0.368. The molecule has 0 saturated carbocycles. The number of hydrogen-bond acceptors (Lipinski definition) is 1. The van der Waals surface area contributed by atoms with E-state index in [0.29, 0.717) is 6.42 Å². The third kappa shape index (κ3) is 3.71. The summed E-state index contributed by atoms with van der Waals surface area (Å²) in [4.78, 5) is 0. The van der Waals surface area contributed by atoms with Gasteiger partial charge >= 0.3 is 0 Å². The number of aliphatic hydroxyl groups is 1. The Morgan fingerprint density at radius 3 is 2.15 bits per heavy atom. The van der Waals surface area contributed by atoms with Crippen molar-refractivity contribution in [3.63, 3.8) is 0 Å². The Balaban J connectivity index is 2.06. The SMILES string of the molecule is CCCc1ccc(C(O)Cc2ccc(C)c(C)c2)cc1. The lowest BCUT2D eigenvalue weighted by molar-refractivity contribution is 0.178. The standard InChI is InChI=1S/C19H24O/c1-4-5-16-8-10-18(11-9-16)19(20)13-17-7-6-14(2)15(3)12-17/h6-12,19-20H,4-5,13H2,1-3H3. The van der Waals surface area contributed by atoms with Gasteiger partial charge in [0.15, 0.2) is 0 Å². The number of hydrogen-bond donors (Lipinski definition) is 1. The highest BCUT2D eigenvalue weighted by atomic mass is 16.3. The highest BCUT2D eigenvalue weighted by Crippen LogP contribution is 2.20. The summed E-state index contributed by atoms with van der Waals surface area (Å²) in [5, 5.41) is 10.4. The highest BCUT2D eigenvalue weighted by Gasteiger charge is 2.09. The second kappa shape index (κ2) is 6.71. The number of aliphatic hydroxyl groups excluding tert-OH is 1. The Morgan fingerprint density at radius 2 is 1.55 bits per heavy atom. The minimum Gasteiger partial charge on any atom is -0.388 e. The zero-order valence-electron chi connectivity index (χ0n) is 12.7. The van der Waals surface area contributed by atoms with Crippen LogP contribution < -0.4 is 0 Å². The summed E-state index contributed by atoms with van der Waals surface area (Å²) in [6, 6.07) is 14.8. The molecule has 1 N–H and O–H groups in total. The molecule has 106 valence electrons. The maximum atomic E-state index is 10.4. The molecule has 0 aliphatic heterocycles. The molecule has 0 aromatic heterocycles. The van der Waals surface area contributed by atoms with Gasteiger partial charge in [0.2, 0.25) is 0 Å². The minimum atomic E-state index is -0.423. The fourth-order valence-electron chi connectivity index (χ4n) is 2.47. The summed E-state index contributed by atoms with van der Waals surface area (Å²) < 4.78 is 0. The van der Waals surface area contributed by atoms with Gasteiger partial charge < -0.3 is 5.11 Å². The summed E-state index contributed by atoms with van der Waals surface area (Å²) in [5.74, 6) is 0. The van der Waals surface area contributed by atoms with Gasteiger partial charge in [-0.1, -0.05) is 55.8 Å². The van der Waals surface area contributed by atoms with E-state index in [0.717, 1.165) is 18.4 Å². The van der Waals surface area contributed by atoms with E-state index in [-0.39, 0.29) is 0 Å². The Bertz CT molecular complexity index is 554. The highest BCUT2D eigenvalue weighted by molar-refractivity contribution is 5.32. The van der Waals surface area contributed by atoms with Crippen LogP contribution in [0.25, 0.3) is 0 Å². The summed E-state index contributed by atoms with van der Waals surface area (Å²) in [6.07, 6.45) is 2.51. The van der Waals surface area contributed by atoms with Crippen LogP contribution in [0.15, 0.2) is 42.5 Å². The van der Waals surface area contributed by atoms with Crippen LogP contribution in [0, 0.1) is 13.8 Å². The van der Waals surface area contributed by atoms with E-state index in [1.807, 2.05) is 0 Å². The first-order chi connectivity index (χ1) is 9.60. The fourth-order valence-corrected chi connectivity index (χ4v) is 2.47. The van der Waals surface area contributed by atoms with Crippen molar-refractivity contribution in [2.75, 3.05) is 0 Å². The molecule has 0 amide bonds. The molecule has 2 aromatic rings. The van der Waals surface area contributed by atoms with Crippen LogP contribution in [-0.2, 0) is 12.8 Å². The topological polar surface area (TPSA) is 20.2 Å². The molecule has 0 fully saturated rings. The smallest absolute Gasteiger partial charge is 0.0830 e. The predicted molar refractivity (Wildman–Crippen MR) is 85.0 cm³/mol. The van der Waals surface area contributed by atoms with E-state index >= 15 is 0 Å². The molecule has 20 heavy (non-hydrogen) atoms. The first-order valence-electron chi connectivity index (χ1n) is 7.43. The molecule has 0 aliphatic carbocycles. The molecule has 1 heteroatoms. The van der Waals surface area contributed by atoms with Crippen LogP contribution in [0.1, 0.15) is 47.3 Å². The predicted octanol–water partition coefficient (Wildman–Crippen LogP) is 4.53.